The third-order valence-corrected chi connectivity index (χ3v) is 5.48. The number of aliphatic hydroxyl groups excluding tert-OH is 1. The van der Waals surface area contributed by atoms with Crippen LogP contribution in [0.5, 0.6) is 0 Å². The van der Waals surface area contributed by atoms with Crippen LogP contribution in [0.3, 0.4) is 0 Å². The maximum absolute atomic E-state index is 12.9. The fraction of sp³-hybridized carbons (Fsp3) is 0.667. The zero-order valence-corrected chi connectivity index (χ0v) is 18.2. The number of azide groups is 1. The molecule has 10 nitrogen and oxygen atoms in total. The van der Waals surface area contributed by atoms with Crippen LogP contribution in [-0.4, -0.2) is 71.5 Å². The van der Waals surface area contributed by atoms with E-state index in [1.54, 1.807) is 13.8 Å². The third kappa shape index (κ3) is 5.17. The van der Waals surface area contributed by atoms with Crippen LogP contribution in [0.4, 0.5) is 0 Å². The topological polar surface area (TPSA) is 126 Å². The first-order valence-electron chi connectivity index (χ1n) is 10.5. The third-order valence-electron chi connectivity index (χ3n) is 5.48. The lowest BCUT2D eigenvalue weighted by Crippen LogP contribution is -2.52. The van der Waals surface area contributed by atoms with Gasteiger partial charge in [0, 0.05) is 18.0 Å². The Labute approximate surface area is 181 Å². The van der Waals surface area contributed by atoms with Crippen LogP contribution in [0.2, 0.25) is 0 Å². The Hall–Kier alpha value is -2.20. The number of hydrogen-bond acceptors (Lipinski definition) is 7. The van der Waals surface area contributed by atoms with Crippen LogP contribution in [0, 0.1) is 0 Å². The van der Waals surface area contributed by atoms with E-state index >= 15 is 0 Å². The molecule has 0 bridgehead atoms. The molecule has 1 amide bonds. The van der Waals surface area contributed by atoms with E-state index in [-0.39, 0.29) is 6.61 Å². The van der Waals surface area contributed by atoms with Crippen LogP contribution in [0.15, 0.2) is 35.4 Å². The summed E-state index contributed by atoms with van der Waals surface area (Å²) < 4.78 is 23.8. The lowest BCUT2D eigenvalue weighted by atomic mass is 9.98. The standard InChI is InChI=1S/C21H30N4O6/c1-5-25(6-2)19(27)14(23-24-22)15(26)16-17(28-12-13-10-8-7-9-11-13)18-20(29-16)31-21(3,4)30-18/h7-11,14-18,20,26H,5-6,12H2,1-4H3/t14-,15+,16+,17-,18+,20+/m0/s1. The van der Waals surface area contributed by atoms with Crippen LogP contribution >= 0.6 is 0 Å². The number of benzene rings is 1. The van der Waals surface area contributed by atoms with Crippen LogP contribution in [0.25, 0.3) is 10.4 Å². The van der Waals surface area contributed by atoms with Gasteiger partial charge in [-0.15, -0.1) is 0 Å². The first-order chi connectivity index (χ1) is 14.8. The minimum absolute atomic E-state index is 0.251. The fourth-order valence-electron chi connectivity index (χ4n) is 3.96. The van der Waals surface area contributed by atoms with Crippen LogP contribution in [-0.2, 0) is 30.3 Å². The molecule has 2 heterocycles. The predicted octanol–water partition coefficient (Wildman–Crippen LogP) is 2.36. The number of aliphatic hydroxyl groups is 1. The summed E-state index contributed by atoms with van der Waals surface area (Å²) in [7, 11) is 0. The van der Waals surface area contributed by atoms with E-state index < -0.39 is 48.4 Å². The molecule has 31 heavy (non-hydrogen) atoms. The largest absolute Gasteiger partial charge is 0.389 e. The Bertz CT molecular complexity index is 796. The van der Waals surface area contributed by atoms with Gasteiger partial charge < -0.3 is 29.0 Å². The molecular weight excluding hydrogens is 404 g/mol. The number of carbonyl (C=O) groups is 1. The van der Waals surface area contributed by atoms with E-state index in [1.165, 1.54) is 4.90 Å². The van der Waals surface area contributed by atoms with Gasteiger partial charge in [0.05, 0.1) is 6.61 Å². The van der Waals surface area contributed by atoms with Crippen molar-refractivity contribution in [2.24, 2.45) is 5.11 Å². The van der Waals surface area contributed by atoms with E-state index in [4.69, 9.17) is 24.5 Å². The predicted molar refractivity (Wildman–Crippen MR) is 111 cm³/mol. The highest BCUT2D eigenvalue weighted by Gasteiger charge is 2.58. The molecular formula is C21H30N4O6. The second-order valence-corrected chi connectivity index (χ2v) is 7.98. The zero-order valence-electron chi connectivity index (χ0n) is 18.2. The molecule has 2 aliphatic heterocycles. The average Bonchev–Trinajstić information content (AvgIpc) is 3.23. The quantitative estimate of drug-likeness (QED) is 0.361. The highest BCUT2D eigenvalue weighted by Crippen LogP contribution is 2.40. The van der Waals surface area contributed by atoms with Crippen molar-refractivity contribution in [3.8, 4) is 0 Å². The number of nitrogens with zero attached hydrogens (tertiary/aromatic N) is 4. The molecule has 1 aromatic rings. The number of amides is 1. The Morgan fingerprint density at radius 2 is 1.97 bits per heavy atom. The average molecular weight is 434 g/mol. The van der Waals surface area contributed by atoms with Crippen LogP contribution in [0.1, 0.15) is 33.3 Å². The number of likely N-dealkylation sites (N-methyl/N-ethyl adjacent to an activating group) is 1. The van der Waals surface area contributed by atoms with Gasteiger partial charge in [0.2, 0.25) is 5.91 Å². The molecule has 2 saturated heterocycles. The number of fused-ring (bicyclic) bond motifs is 1. The zero-order chi connectivity index (χ0) is 22.6. The molecule has 0 aliphatic carbocycles. The maximum atomic E-state index is 12.9. The molecule has 2 aliphatic rings. The van der Waals surface area contributed by atoms with Crippen molar-refractivity contribution in [1.29, 1.82) is 0 Å². The highest BCUT2D eigenvalue weighted by molar-refractivity contribution is 5.82. The maximum Gasteiger partial charge on any atom is 0.234 e. The molecule has 3 rings (SSSR count). The summed E-state index contributed by atoms with van der Waals surface area (Å²) in [4.78, 5) is 17.1. The molecule has 0 radical (unpaired) electrons. The summed E-state index contributed by atoms with van der Waals surface area (Å²) in [6, 6.07) is 8.19. The molecule has 1 aromatic carbocycles. The van der Waals surface area contributed by atoms with Gasteiger partial charge in [0.1, 0.15) is 30.5 Å². The first kappa shape index (κ1) is 23.5. The molecule has 0 saturated carbocycles. The van der Waals surface area contributed by atoms with Crippen molar-refractivity contribution in [2.75, 3.05) is 13.1 Å². The van der Waals surface area contributed by atoms with Gasteiger partial charge >= 0.3 is 0 Å². The van der Waals surface area contributed by atoms with Gasteiger partial charge in [-0.3, -0.25) is 4.79 Å². The number of ether oxygens (including phenoxy) is 4. The van der Waals surface area contributed by atoms with E-state index in [0.29, 0.717) is 13.1 Å². The summed E-state index contributed by atoms with van der Waals surface area (Å²) >= 11 is 0. The van der Waals surface area contributed by atoms with Crippen molar-refractivity contribution in [3.63, 3.8) is 0 Å². The minimum Gasteiger partial charge on any atom is -0.389 e. The summed E-state index contributed by atoms with van der Waals surface area (Å²) in [6.45, 7) is 8.25. The normalized spacial score (nSPS) is 28.4. The number of hydrogen-bond donors (Lipinski definition) is 1. The Morgan fingerprint density at radius 3 is 2.58 bits per heavy atom. The molecule has 170 valence electrons. The summed E-state index contributed by atoms with van der Waals surface area (Å²) in [5, 5.41) is 14.7. The van der Waals surface area contributed by atoms with E-state index in [2.05, 4.69) is 10.0 Å². The summed E-state index contributed by atoms with van der Waals surface area (Å²) in [5.74, 6) is -1.35. The molecule has 2 fully saturated rings. The van der Waals surface area contributed by atoms with E-state index in [1.807, 2.05) is 44.2 Å². The molecule has 6 atom stereocenters. The van der Waals surface area contributed by atoms with Crippen molar-refractivity contribution >= 4 is 5.91 Å². The minimum atomic E-state index is -1.44. The Morgan fingerprint density at radius 1 is 1.29 bits per heavy atom. The number of carbonyl (C=O) groups excluding carboxylic acids is 1. The Kier molecular flexibility index (Phi) is 7.53. The summed E-state index contributed by atoms with van der Waals surface area (Å²) in [6.07, 6.45) is -4.53. The van der Waals surface area contributed by atoms with Crippen molar-refractivity contribution in [2.45, 2.75) is 76.8 Å². The van der Waals surface area contributed by atoms with Crippen molar-refractivity contribution < 1.29 is 28.8 Å². The van der Waals surface area contributed by atoms with Gasteiger partial charge in [0.15, 0.2) is 12.1 Å². The first-order valence-corrected chi connectivity index (χ1v) is 10.5. The van der Waals surface area contributed by atoms with E-state index in [0.717, 1.165) is 5.56 Å². The van der Waals surface area contributed by atoms with Crippen LogP contribution < -0.4 is 0 Å². The monoisotopic (exact) mass is 434 g/mol. The Balaban J connectivity index is 1.83. The second kappa shape index (κ2) is 9.95. The second-order valence-electron chi connectivity index (χ2n) is 7.98. The molecule has 10 heteroatoms. The van der Waals surface area contributed by atoms with Gasteiger partial charge in [0.25, 0.3) is 0 Å². The van der Waals surface area contributed by atoms with Gasteiger partial charge in [-0.2, -0.15) is 0 Å². The molecule has 0 unspecified atom stereocenters. The van der Waals surface area contributed by atoms with Gasteiger partial charge in [-0.05, 0) is 38.8 Å². The number of rotatable bonds is 9. The molecule has 0 spiro atoms. The fourth-order valence-corrected chi connectivity index (χ4v) is 3.96. The van der Waals surface area contributed by atoms with E-state index in [9.17, 15) is 9.90 Å². The van der Waals surface area contributed by atoms with Crippen molar-refractivity contribution in [1.82, 2.24) is 4.90 Å². The molecule has 1 N–H and O–H groups in total. The molecule has 0 aromatic heterocycles. The lowest BCUT2D eigenvalue weighted by Gasteiger charge is -2.32. The lowest BCUT2D eigenvalue weighted by molar-refractivity contribution is -0.231. The SMILES string of the molecule is CCN(CC)C(=O)[C@@H](N=[N+]=[N-])[C@@H](O)[C@H]1O[C@@H]2OC(C)(C)O[C@@H]2[C@H]1OCc1ccccc1. The smallest absolute Gasteiger partial charge is 0.234 e. The highest BCUT2D eigenvalue weighted by atomic mass is 16.8. The van der Waals surface area contributed by atoms with Gasteiger partial charge in [-0.25, -0.2) is 0 Å². The van der Waals surface area contributed by atoms with Gasteiger partial charge in [-0.1, -0.05) is 35.4 Å². The summed E-state index contributed by atoms with van der Waals surface area (Å²) in [5.41, 5.74) is 9.94. The van der Waals surface area contributed by atoms with Crippen molar-refractivity contribution in [3.05, 3.63) is 46.3 Å².